The van der Waals surface area contributed by atoms with Crippen molar-refractivity contribution in [2.45, 2.75) is 31.2 Å². The zero-order chi connectivity index (χ0) is 14.0. The van der Waals surface area contributed by atoms with Crippen LogP contribution in [0.2, 0.25) is 5.02 Å². The van der Waals surface area contributed by atoms with Crippen LogP contribution in [0.4, 0.5) is 0 Å². The molecule has 1 atom stereocenters. The maximum atomic E-state index is 12.7. The Hall–Kier alpha value is -0.620. The molecule has 4 nitrogen and oxygen atoms in total. The van der Waals surface area contributed by atoms with Crippen molar-refractivity contribution in [2.75, 3.05) is 19.6 Å². The summed E-state index contributed by atoms with van der Waals surface area (Å²) >= 11 is 5.89. The highest BCUT2D eigenvalue weighted by molar-refractivity contribution is 7.89. The topological polar surface area (TPSA) is 49.4 Å². The highest BCUT2D eigenvalue weighted by Gasteiger charge is 2.32. The van der Waals surface area contributed by atoms with Gasteiger partial charge in [-0.05, 0) is 43.7 Å². The first-order valence-corrected chi connectivity index (χ1v) is 8.27. The molecule has 0 aliphatic carbocycles. The summed E-state index contributed by atoms with van der Waals surface area (Å²) in [4.78, 5) is 0.352. The minimum atomic E-state index is -3.45. The van der Waals surface area contributed by atoms with Gasteiger partial charge in [0, 0.05) is 24.2 Å². The molecule has 1 aliphatic rings. The molecule has 19 heavy (non-hydrogen) atoms. The summed E-state index contributed by atoms with van der Waals surface area (Å²) in [6.45, 7) is 5.73. The van der Waals surface area contributed by atoms with Crippen LogP contribution < -0.4 is 5.32 Å². The Labute approximate surface area is 119 Å². The second kappa shape index (κ2) is 5.79. The third-order valence-electron chi connectivity index (χ3n) is 3.48. The molecule has 0 saturated carbocycles. The number of halogens is 1. The summed E-state index contributed by atoms with van der Waals surface area (Å²) in [5.74, 6) is 0. The highest BCUT2D eigenvalue weighted by atomic mass is 35.5. The van der Waals surface area contributed by atoms with Crippen LogP contribution in [0, 0.1) is 6.92 Å². The Balaban J connectivity index is 2.39. The number of nitrogens with one attached hydrogen (secondary N) is 1. The molecule has 1 saturated heterocycles. The van der Waals surface area contributed by atoms with Crippen LogP contribution in [0.25, 0.3) is 0 Å². The quantitative estimate of drug-likeness (QED) is 0.926. The van der Waals surface area contributed by atoms with Gasteiger partial charge in [-0.2, -0.15) is 4.31 Å². The van der Waals surface area contributed by atoms with Crippen LogP contribution in [0.1, 0.15) is 18.9 Å². The van der Waals surface area contributed by atoms with Crippen molar-refractivity contribution in [3.05, 3.63) is 28.8 Å². The van der Waals surface area contributed by atoms with E-state index < -0.39 is 10.0 Å². The van der Waals surface area contributed by atoms with E-state index >= 15 is 0 Å². The molecule has 0 amide bonds. The fourth-order valence-corrected chi connectivity index (χ4v) is 4.64. The monoisotopic (exact) mass is 302 g/mol. The molecule has 1 aliphatic heterocycles. The first kappa shape index (κ1) is 14.8. The molecule has 1 aromatic carbocycles. The third-order valence-corrected chi connectivity index (χ3v) is 5.90. The maximum Gasteiger partial charge on any atom is 0.243 e. The molecule has 106 valence electrons. The molecular weight excluding hydrogens is 284 g/mol. The van der Waals surface area contributed by atoms with Gasteiger partial charge in [-0.1, -0.05) is 18.5 Å². The SMILES string of the molecule is CCN(C1CCNC1)S(=O)(=O)c1ccc(Cl)cc1C. The van der Waals surface area contributed by atoms with Crippen LogP contribution in [0.15, 0.2) is 23.1 Å². The van der Waals surface area contributed by atoms with E-state index in [1.807, 2.05) is 6.92 Å². The van der Waals surface area contributed by atoms with Crippen molar-refractivity contribution < 1.29 is 8.42 Å². The van der Waals surface area contributed by atoms with Gasteiger partial charge in [-0.25, -0.2) is 8.42 Å². The van der Waals surface area contributed by atoms with Gasteiger partial charge in [0.15, 0.2) is 0 Å². The standard InChI is InChI=1S/C13H19ClN2O2S/c1-3-16(12-6-7-15-9-12)19(17,18)13-5-4-11(14)8-10(13)2/h4-5,8,12,15H,3,6-7,9H2,1-2H3. The van der Waals surface area contributed by atoms with Gasteiger partial charge in [0.2, 0.25) is 10.0 Å². The van der Waals surface area contributed by atoms with Crippen molar-refractivity contribution in [3.63, 3.8) is 0 Å². The smallest absolute Gasteiger partial charge is 0.243 e. The molecule has 0 bridgehead atoms. The molecule has 1 N–H and O–H groups in total. The average Bonchev–Trinajstić information content (AvgIpc) is 2.82. The lowest BCUT2D eigenvalue weighted by molar-refractivity contribution is 0.348. The molecule has 0 spiro atoms. The lowest BCUT2D eigenvalue weighted by atomic mass is 10.2. The van der Waals surface area contributed by atoms with E-state index in [1.165, 1.54) is 0 Å². The van der Waals surface area contributed by atoms with Gasteiger partial charge in [0.05, 0.1) is 4.90 Å². The zero-order valence-corrected chi connectivity index (χ0v) is 12.8. The Bertz CT molecular complexity index is 554. The highest BCUT2D eigenvalue weighted by Crippen LogP contribution is 2.25. The van der Waals surface area contributed by atoms with Gasteiger partial charge in [-0.15, -0.1) is 0 Å². The Morgan fingerprint density at radius 1 is 1.47 bits per heavy atom. The normalized spacial score (nSPS) is 20.1. The van der Waals surface area contributed by atoms with E-state index in [4.69, 9.17) is 11.6 Å². The second-order valence-electron chi connectivity index (χ2n) is 4.76. The summed E-state index contributed by atoms with van der Waals surface area (Å²) in [7, 11) is -3.45. The largest absolute Gasteiger partial charge is 0.315 e. The van der Waals surface area contributed by atoms with E-state index in [0.29, 0.717) is 22.0 Å². The molecule has 1 fully saturated rings. The van der Waals surface area contributed by atoms with Crippen LogP contribution in [-0.4, -0.2) is 38.4 Å². The molecule has 0 radical (unpaired) electrons. The Morgan fingerprint density at radius 2 is 2.21 bits per heavy atom. The van der Waals surface area contributed by atoms with E-state index in [1.54, 1.807) is 29.4 Å². The number of rotatable bonds is 4. The van der Waals surface area contributed by atoms with Crippen molar-refractivity contribution in [1.82, 2.24) is 9.62 Å². The van der Waals surface area contributed by atoms with Gasteiger partial charge in [0.25, 0.3) is 0 Å². The number of hydrogen-bond donors (Lipinski definition) is 1. The van der Waals surface area contributed by atoms with Crippen molar-refractivity contribution in [1.29, 1.82) is 0 Å². The zero-order valence-electron chi connectivity index (χ0n) is 11.2. The summed E-state index contributed by atoms with van der Waals surface area (Å²) < 4.78 is 27.1. The van der Waals surface area contributed by atoms with Crippen LogP contribution in [-0.2, 0) is 10.0 Å². The van der Waals surface area contributed by atoms with Gasteiger partial charge >= 0.3 is 0 Å². The summed E-state index contributed by atoms with van der Waals surface area (Å²) in [6, 6.07) is 4.96. The summed E-state index contributed by atoms with van der Waals surface area (Å²) in [6.07, 6.45) is 0.861. The van der Waals surface area contributed by atoms with Gasteiger partial charge in [-0.3, -0.25) is 0 Å². The number of nitrogens with zero attached hydrogens (tertiary/aromatic N) is 1. The lowest BCUT2D eigenvalue weighted by Crippen LogP contribution is -2.41. The molecule has 2 rings (SSSR count). The molecule has 0 aromatic heterocycles. The number of benzene rings is 1. The van der Waals surface area contributed by atoms with Crippen LogP contribution in [0.5, 0.6) is 0 Å². The Morgan fingerprint density at radius 3 is 2.74 bits per heavy atom. The lowest BCUT2D eigenvalue weighted by Gasteiger charge is -2.27. The van der Waals surface area contributed by atoms with Crippen LogP contribution in [0.3, 0.4) is 0 Å². The number of sulfonamides is 1. The Kier molecular flexibility index (Phi) is 4.50. The summed E-state index contributed by atoms with van der Waals surface area (Å²) in [5.41, 5.74) is 0.692. The average molecular weight is 303 g/mol. The molecule has 1 unspecified atom stereocenters. The third kappa shape index (κ3) is 2.94. The fraction of sp³-hybridized carbons (Fsp3) is 0.538. The van der Waals surface area contributed by atoms with Crippen molar-refractivity contribution in [2.24, 2.45) is 0 Å². The second-order valence-corrected chi connectivity index (χ2v) is 7.06. The maximum absolute atomic E-state index is 12.7. The first-order chi connectivity index (χ1) is 8.96. The van der Waals surface area contributed by atoms with E-state index in [2.05, 4.69) is 5.32 Å². The first-order valence-electron chi connectivity index (χ1n) is 6.45. The molecule has 6 heteroatoms. The molecule has 1 heterocycles. The minimum Gasteiger partial charge on any atom is -0.315 e. The predicted molar refractivity (Wildman–Crippen MR) is 77.0 cm³/mol. The van der Waals surface area contributed by atoms with Gasteiger partial charge < -0.3 is 5.32 Å². The molecule has 1 aromatic rings. The fourth-order valence-electron chi connectivity index (χ4n) is 2.54. The van der Waals surface area contributed by atoms with Crippen molar-refractivity contribution >= 4 is 21.6 Å². The number of hydrogen-bond acceptors (Lipinski definition) is 3. The molecular formula is C13H19ClN2O2S. The van der Waals surface area contributed by atoms with Gasteiger partial charge in [0.1, 0.15) is 0 Å². The predicted octanol–water partition coefficient (Wildman–Crippen LogP) is 2.02. The van der Waals surface area contributed by atoms with E-state index in [-0.39, 0.29) is 6.04 Å². The van der Waals surface area contributed by atoms with E-state index in [0.717, 1.165) is 19.5 Å². The number of aryl methyl sites for hydroxylation is 1. The number of likely N-dealkylation sites (N-methyl/N-ethyl adjacent to an activating group) is 1. The van der Waals surface area contributed by atoms with Crippen molar-refractivity contribution in [3.8, 4) is 0 Å². The van der Waals surface area contributed by atoms with E-state index in [9.17, 15) is 8.42 Å². The van der Waals surface area contributed by atoms with Crippen LogP contribution >= 0.6 is 11.6 Å². The summed E-state index contributed by atoms with van der Waals surface area (Å²) in [5, 5.41) is 3.76. The minimum absolute atomic E-state index is 0.0464.